The van der Waals surface area contributed by atoms with Crippen LogP contribution >= 0.6 is 11.6 Å². The summed E-state index contributed by atoms with van der Waals surface area (Å²) in [5, 5.41) is 2.97. The summed E-state index contributed by atoms with van der Waals surface area (Å²) < 4.78 is 6.62. The summed E-state index contributed by atoms with van der Waals surface area (Å²) in [5.74, 6) is -1.34. The monoisotopic (exact) mass is 430 g/mol. The minimum absolute atomic E-state index is 0.0274. The van der Waals surface area contributed by atoms with Gasteiger partial charge in [0.2, 0.25) is 5.91 Å². The van der Waals surface area contributed by atoms with E-state index in [1.807, 2.05) is 0 Å². The summed E-state index contributed by atoms with van der Waals surface area (Å²) >= 11 is 5.96. The fourth-order valence-electron chi connectivity index (χ4n) is 3.08. The van der Waals surface area contributed by atoms with Crippen LogP contribution in [0.25, 0.3) is 11.0 Å². The van der Waals surface area contributed by atoms with E-state index in [1.54, 1.807) is 32.0 Å². The molecule has 3 aromatic rings. The highest BCUT2D eigenvalue weighted by Crippen LogP contribution is 2.20. The van der Waals surface area contributed by atoms with Gasteiger partial charge in [0.15, 0.2) is 0 Å². The molecule has 0 radical (unpaired) electrons. The highest BCUT2D eigenvalue weighted by atomic mass is 35.5. The molecule has 0 bridgehead atoms. The first-order valence-electron chi connectivity index (χ1n) is 8.89. The number of anilines is 1. The second-order valence-corrected chi connectivity index (χ2v) is 7.18. The lowest BCUT2D eigenvalue weighted by molar-refractivity contribution is -0.116. The quantitative estimate of drug-likeness (QED) is 0.631. The Bertz CT molecular complexity index is 1310. The molecule has 0 saturated heterocycles. The number of nitrogens with one attached hydrogen (secondary N) is 1. The second-order valence-electron chi connectivity index (χ2n) is 6.74. The maximum absolute atomic E-state index is 13.1. The lowest BCUT2D eigenvalue weighted by Crippen LogP contribution is -2.42. The number of halogens is 1. The van der Waals surface area contributed by atoms with E-state index in [-0.39, 0.29) is 16.6 Å². The number of esters is 1. The number of carbonyl (C=O) groups excluding carboxylic acids is 2. The maximum atomic E-state index is 13.1. The Kier molecular flexibility index (Phi) is 5.75. The van der Waals surface area contributed by atoms with E-state index in [9.17, 15) is 19.2 Å². The standard InChI is InChI=1S/C20H19ClN4O5/c1-10-5-6-12(21)8-14(10)23-15(26)9-25-18(27)16-13(19(28)30-4)7-11(2)22-17(16)24(3)20(25)29/h5-8H,9H2,1-4H3,(H,23,26). The van der Waals surface area contributed by atoms with Gasteiger partial charge in [-0.25, -0.2) is 14.6 Å². The Morgan fingerprint density at radius 3 is 2.57 bits per heavy atom. The predicted molar refractivity (Wildman–Crippen MR) is 112 cm³/mol. The van der Waals surface area contributed by atoms with Gasteiger partial charge in [-0.05, 0) is 37.6 Å². The number of amides is 1. The number of methoxy groups -OCH3 is 1. The van der Waals surface area contributed by atoms with Crippen molar-refractivity contribution in [3.63, 3.8) is 0 Å². The second kappa shape index (κ2) is 8.11. The number of fused-ring (bicyclic) bond motifs is 1. The molecule has 0 aliphatic rings. The molecule has 0 atom stereocenters. The third kappa shape index (κ3) is 3.84. The van der Waals surface area contributed by atoms with Gasteiger partial charge < -0.3 is 10.1 Å². The van der Waals surface area contributed by atoms with Crippen molar-refractivity contribution in [1.82, 2.24) is 14.1 Å². The minimum Gasteiger partial charge on any atom is -0.465 e. The zero-order valence-electron chi connectivity index (χ0n) is 16.8. The summed E-state index contributed by atoms with van der Waals surface area (Å²) in [5.41, 5.74) is 0.126. The predicted octanol–water partition coefficient (Wildman–Crippen LogP) is 1.79. The smallest absolute Gasteiger partial charge is 0.338 e. The summed E-state index contributed by atoms with van der Waals surface area (Å²) in [6.07, 6.45) is 0. The van der Waals surface area contributed by atoms with Crippen LogP contribution in [0.1, 0.15) is 21.6 Å². The normalized spacial score (nSPS) is 10.8. The van der Waals surface area contributed by atoms with Crippen LogP contribution in [-0.4, -0.2) is 33.1 Å². The zero-order chi connectivity index (χ0) is 22.2. The fraction of sp³-hybridized carbons (Fsp3) is 0.250. The number of hydrogen-bond donors (Lipinski definition) is 1. The van der Waals surface area contributed by atoms with E-state index in [0.29, 0.717) is 16.4 Å². The molecule has 1 N–H and O–H groups in total. The molecule has 1 aromatic carbocycles. The first kappa shape index (κ1) is 21.3. The average molecular weight is 431 g/mol. The first-order chi connectivity index (χ1) is 14.1. The van der Waals surface area contributed by atoms with E-state index >= 15 is 0 Å². The van der Waals surface area contributed by atoms with Gasteiger partial charge in [-0.2, -0.15) is 0 Å². The number of aromatic nitrogens is 3. The molecule has 0 aliphatic heterocycles. The van der Waals surface area contributed by atoms with Crippen molar-refractivity contribution in [3.8, 4) is 0 Å². The number of nitrogens with zero attached hydrogens (tertiary/aromatic N) is 3. The van der Waals surface area contributed by atoms with E-state index in [0.717, 1.165) is 14.7 Å². The van der Waals surface area contributed by atoms with Crippen LogP contribution in [0.5, 0.6) is 0 Å². The van der Waals surface area contributed by atoms with Gasteiger partial charge in [-0.3, -0.25) is 18.7 Å². The van der Waals surface area contributed by atoms with Crippen molar-refractivity contribution in [2.75, 3.05) is 12.4 Å². The molecule has 9 nitrogen and oxygen atoms in total. The number of ether oxygens (including phenoxy) is 1. The van der Waals surface area contributed by atoms with Gasteiger partial charge in [-0.1, -0.05) is 17.7 Å². The highest BCUT2D eigenvalue weighted by molar-refractivity contribution is 6.31. The van der Waals surface area contributed by atoms with Crippen LogP contribution < -0.4 is 16.6 Å². The molecule has 1 amide bonds. The molecule has 0 aliphatic carbocycles. The minimum atomic E-state index is -0.807. The molecule has 0 spiro atoms. The molecule has 0 fully saturated rings. The summed E-state index contributed by atoms with van der Waals surface area (Å²) in [7, 11) is 2.60. The lowest BCUT2D eigenvalue weighted by atomic mass is 10.1. The number of carbonyl (C=O) groups is 2. The van der Waals surface area contributed by atoms with Gasteiger partial charge in [-0.15, -0.1) is 0 Å². The Hall–Kier alpha value is -3.46. The molecule has 30 heavy (non-hydrogen) atoms. The zero-order valence-corrected chi connectivity index (χ0v) is 17.5. The van der Waals surface area contributed by atoms with Crippen molar-refractivity contribution >= 4 is 40.2 Å². The number of hydrogen-bond acceptors (Lipinski definition) is 6. The molecule has 2 aromatic heterocycles. The van der Waals surface area contributed by atoms with Crippen molar-refractivity contribution in [1.29, 1.82) is 0 Å². The van der Waals surface area contributed by atoms with Crippen LogP contribution in [0.4, 0.5) is 5.69 Å². The highest BCUT2D eigenvalue weighted by Gasteiger charge is 2.22. The van der Waals surface area contributed by atoms with Crippen LogP contribution in [0, 0.1) is 13.8 Å². The van der Waals surface area contributed by atoms with Gasteiger partial charge in [0.05, 0.1) is 18.1 Å². The molecule has 10 heteroatoms. The first-order valence-corrected chi connectivity index (χ1v) is 9.27. The number of aryl methyl sites for hydroxylation is 3. The van der Waals surface area contributed by atoms with Gasteiger partial charge in [0.1, 0.15) is 12.2 Å². The molecule has 0 unspecified atom stereocenters. The van der Waals surface area contributed by atoms with Crippen molar-refractivity contribution in [2.24, 2.45) is 7.05 Å². The molecular formula is C20H19ClN4O5. The van der Waals surface area contributed by atoms with Crippen LogP contribution in [0.15, 0.2) is 33.9 Å². The molecular weight excluding hydrogens is 412 g/mol. The maximum Gasteiger partial charge on any atom is 0.338 e. The van der Waals surface area contributed by atoms with Crippen molar-refractivity contribution in [2.45, 2.75) is 20.4 Å². The average Bonchev–Trinajstić information content (AvgIpc) is 2.70. The van der Waals surface area contributed by atoms with Crippen LogP contribution in [-0.2, 0) is 23.1 Å². The number of rotatable bonds is 4. The Balaban J connectivity index is 2.12. The van der Waals surface area contributed by atoms with E-state index in [4.69, 9.17) is 16.3 Å². The van der Waals surface area contributed by atoms with Crippen molar-refractivity contribution in [3.05, 3.63) is 66.9 Å². The SMILES string of the molecule is COC(=O)c1cc(C)nc2c1c(=O)n(CC(=O)Nc1cc(Cl)ccc1C)c(=O)n2C. The van der Waals surface area contributed by atoms with Gasteiger partial charge >= 0.3 is 11.7 Å². The third-order valence-electron chi connectivity index (χ3n) is 4.60. The van der Waals surface area contributed by atoms with Gasteiger partial charge in [0.25, 0.3) is 5.56 Å². The fourth-order valence-corrected chi connectivity index (χ4v) is 3.25. The number of benzene rings is 1. The molecule has 0 saturated carbocycles. The Morgan fingerprint density at radius 2 is 1.90 bits per heavy atom. The third-order valence-corrected chi connectivity index (χ3v) is 4.84. The summed E-state index contributed by atoms with van der Waals surface area (Å²) in [4.78, 5) is 54.8. The van der Waals surface area contributed by atoms with Crippen molar-refractivity contribution < 1.29 is 14.3 Å². The number of pyridine rings is 1. The lowest BCUT2D eigenvalue weighted by Gasteiger charge is -2.13. The molecule has 2 heterocycles. The van der Waals surface area contributed by atoms with E-state index < -0.39 is 29.7 Å². The molecule has 3 rings (SSSR count). The molecule has 156 valence electrons. The summed E-state index contributed by atoms with van der Waals surface area (Å²) in [6.45, 7) is 2.86. The van der Waals surface area contributed by atoms with Crippen LogP contribution in [0.2, 0.25) is 5.02 Å². The topological polar surface area (TPSA) is 112 Å². The van der Waals surface area contributed by atoms with Crippen LogP contribution in [0.3, 0.4) is 0 Å². The Labute approximate surface area is 175 Å². The van der Waals surface area contributed by atoms with E-state index in [2.05, 4.69) is 10.3 Å². The largest absolute Gasteiger partial charge is 0.465 e. The Morgan fingerprint density at radius 1 is 1.20 bits per heavy atom. The summed E-state index contributed by atoms with van der Waals surface area (Å²) in [6, 6.07) is 6.38. The van der Waals surface area contributed by atoms with E-state index in [1.165, 1.54) is 20.2 Å². The van der Waals surface area contributed by atoms with Gasteiger partial charge in [0, 0.05) is 23.5 Å².